The second kappa shape index (κ2) is 5.84. The van der Waals surface area contributed by atoms with Crippen molar-refractivity contribution in [3.8, 4) is 11.4 Å². The molecule has 1 aromatic carbocycles. The zero-order valence-corrected chi connectivity index (χ0v) is 12.9. The Labute approximate surface area is 121 Å². The number of aromatic nitrogens is 2. The SMILES string of the molecule is Cc1cc(Br)ccc1-c1noc(C(CN)C(C)C)n1. The predicted molar refractivity (Wildman–Crippen MR) is 78.8 cm³/mol. The van der Waals surface area contributed by atoms with E-state index < -0.39 is 0 Å². The highest BCUT2D eigenvalue weighted by Crippen LogP contribution is 2.27. The Hall–Kier alpha value is -1.20. The van der Waals surface area contributed by atoms with E-state index in [2.05, 4.69) is 39.9 Å². The quantitative estimate of drug-likeness (QED) is 0.935. The summed E-state index contributed by atoms with van der Waals surface area (Å²) in [7, 11) is 0. The molecule has 1 unspecified atom stereocenters. The van der Waals surface area contributed by atoms with Gasteiger partial charge in [0.25, 0.3) is 0 Å². The standard InChI is InChI=1S/C14H18BrN3O/c1-8(2)12(7-16)14-17-13(18-19-14)11-5-4-10(15)6-9(11)3/h4-6,8,12H,7,16H2,1-3H3. The Balaban J connectivity index is 2.35. The van der Waals surface area contributed by atoms with Gasteiger partial charge in [-0.05, 0) is 36.6 Å². The molecule has 5 heteroatoms. The summed E-state index contributed by atoms with van der Waals surface area (Å²) in [6, 6.07) is 6.00. The zero-order chi connectivity index (χ0) is 14.0. The average molecular weight is 324 g/mol. The third-order valence-corrected chi connectivity index (χ3v) is 3.74. The summed E-state index contributed by atoms with van der Waals surface area (Å²) >= 11 is 3.45. The smallest absolute Gasteiger partial charge is 0.231 e. The molecule has 0 saturated heterocycles. The summed E-state index contributed by atoms with van der Waals surface area (Å²) in [6.45, 7) is 6.75. The Morgan fingerprint density at radius 2 is 2.11 bits per heavy atom. The molecule has 0 bridgehead atoms. The minimum absolute atomic E-state index is 0.108. The number of aryl methyl sites for hydroxylation is 1. The third kappa shape index (κ3) is 3.04. The van der Waals surface area contributed by atoms with Crippen LogP contribution in [0.1, 0.15) is 31.2 Å². The number of benzene rings is 1. The van der Waals surface area contributed by atoms with Crippen molar-refractivity contribution in [2.75, 3.05) is 6.54 Å². The molecule has 102 valence electrons. The van der Waals surface area contributed by atoms with Gasteiger partial charge in [0.2, 0.25) is 11.7 Å². The van der Waals surface area contributed by atoms with Gasteiger partial charge in [-0.3, -0.25) is 0 Å². The maximum atomic E-state index is 5.77. The molecular formula is C14H18BrN3O. The number of nitrogens with zero attached hydrogens (tertiary/aromatic N) is 2. The van der Waals surface area contributed by atoms with E-state index in [1.165, 1.54) is 0 Å². The van der Waals surface area contributed by atoms with Crippen molar-refractivity contribution < 1.29 is 4.52 Å². The van der Waals surface area contributed by atoms with Crippen molar-refractivity contribution in [3.63, 3.8) is 0 Å². The lowest BCUT2D eigenvalue weighted by molar-refractivity contribution is 0.324. The number of hydrogen-bond donors (Lipinski definition) is 1. The zero-order valence-electron chi connectivity index (χ0n) is 11.4. The fraction of sp³-hybridized carbons (Fsp3) is 0.429. The van der Waals surface area contributed by atoms with E-state index in [0.717, 1.165) is 15.6 Å². The van der Waals surface area contributed by atoms with Gasteiger partial charge >= 0.3 is 0 Å². The normalized spacial score (nSPS) is 12.9. The molecule has 2 N–H and O–H groups in total. The van der Waals surface area contributed by atoms with E-state index in [9.17, 15) is 0 Å². The van der Waals surface area contributed by atoms with Crippen LogP contribution in [0, 0.1) is 12.8 Å². The maximum absolute atomic E-state index is 5.77. The van der Waals surface area contributed by atoms with Crippen molar-refractivity contribution in [1.82, 2.24) is 10.1 Å². The minimum Gasteiger partial charge on any atom is -0.339 e. The van der Waals surface area contributed by atoms with Gasteiger partial charge in [-0.25, -0.2) is 0 Å². The van der Waals surface area contributed by atoms with Gasteiger partial charge in [0.05, 0.1) is 5.92 Å². The van der Waals surface area contributed by atoms with Crippen LogP contribution < -0.4 is 5.73 Å². The summed E-state index contributed by atoms with van der Waals surface area (Å²) < 4.78 is 6.41. The molecule has 2 rings (SSSR count). The van der Waals surface area contributed by atoms with E-state index in [1.54, 1.807) is 0 Å². The van der Waals surface area contributed by atoms with Crippen LogP contribution in [0.5, 0.6) is 0 Å². The first-order valence-electron chi connectivity index (χ1n) is 6.33. The van der Waals surface area contributed by atoms with Crippen LogP contribution in [0.4, 0.5) is 0 Å². The van der Waals surface area contributed by atoms with E-state index in [4.69, 9.17) is 10.3 Å². The molecule has 0 aliphatic rings. The van der Waals surface area contributed by atoms with Crippen LogP contribution in [0.2, 0.25) is 0 Å². The topological polar surface area (TPSA) is 64.9 Å². The van der Waals surface area contributed by atoms with Crippen molar-refractivity contribution >= 4 is 15.9 Å². The summed E-state index contributed by atoms with van der Waals surface area (Å²) in [5, 5.41) is 4.07. The summed E-state index contributed by atoms with van der Waals surface area (Å²) in [5.74, 6) is 1.73. The van der Waals surface area contributed by atoms with Crippen LogP contribution in [0.15, 0.2) is 27.2 Å². The second-order valence-corrected chi connectivity index (χ2v) is 5.92. The van der Waals surface area contributed by atoms with Crippen molar-refractivity contribution in [2.45, 2.75) is 26.7 Å². The molecule has 0 aliphatic heterocycles. The van der Waals surface area contributed by atoms with Crippen LogP contribution in [-0.4, -0.2) is 16.7 Å². The van der Waals surface area contributed by atoms with Gasteiger partial charge in [-0.1, -0.05) is 34.9 Å². The first-order chi connectivity index (χ1) is 9.02. The highest BCUT2D eigenvalue weighted by molar-refractivity contribution is 9.10. The molecule has 2 aromatic rings. The number of hydrogen-bond acceptors (Lipinski definition) is 4. The highest BCUT2D eigenvalue weighted by Gasteiger charge is 2.21. The molecule has 0 amide bonds. The average Bonchev–Trinajstić information content (AvgIpc) is 2.78. The minimum atomic E-state index is 0.108. The van der Waals surface area contributed by atoms with Crippen LogP contribution in [0.3, 0.4) is 0 Å². The van der Waals surface area contributed by atoms with Gasteiger partial charge < -0.3 is 10.3 Å². The molecule has 1 aromatic heterocycles. The van der Waals surface area contributed by atoms with E-state index in [-0.39, 0.29) is 5.92 Å². The molecular weight excluding hydrogens is 306 g/mol. The van der Waals surface area contributed by atoms with Crippen LogP contribution in [0.25, 0.3) is 11.4 Å². The predicted octanol–water partition coefficient (Wildman–Crippen LogP) is 3.51. The number of nitrogens with two attached hydrogens (primary N) is 1. The van der Waals surface area contributed by atoms with Crippen LogP contribution in [-0.2, 0) is 0 Å². The van der Waals surface area contributed by atoms with Gasteiger partial charge in [0.15, 0.2) is 0 Å². The molecule has 1 atom stereocenters. The fourth-order valence-electron chi connectivity index (χ4n) is 2.03. The lowest BCUT2D eigenvalue weighted by atomic mass is 9.96. The maximum Gasteiger partial charge on any atom is 0.231 e. The molecule has 4 nitrogen and oxygen atoms in total. The van der Waals surface area contributed by atoms with Gasteiger partial charge in [0.1, 0.15) is 0 Å². The Morgan fingerprint density at radius 1 is 1.37 bits per heavy atom. The molecule has 1 heterocycles. The summed E-state index contributed by atoms with van der Waals surface area (Å²) in [5.41, 5.74) is 7.86. The molecule has 0 fully saturated rings. The molecule has 0 radical (unpaired) electrons. The van der Waals surface area contributed by atoms with E-state index >= 15 is 0 Å². The molecule has 0 spiro atoms. The Kier molecular flexibility index (Phi) is 4.37. The Bertz CT molecular complexity index is 566. The van der Waals surface area contributed by atoms with Gasteiger partial charge in [-0.15, -0.1) is 0 Å². The summed E-state index contributed by atoms with van der Waals surface area (Å²) in [6.07, 6.45) is 0. The number of rotatable bonds is 4. The second-order valence-electron chi connectivity index (χ2n) is 5.00. The Morgan fingerprint density at radius 3 is 2.68 bits per heavy atom. The third-order valence-electron chi connectivity index (χ3n) is 3.25. The summed E-state index contributed by atoms with van der Waals surface area (Å²) in [4.78, 5) is 4.49. The van der Waals surface area contributed by atoms with Crippen molar-refractivity contribution in [3.05, 3.63) is 34.1 Å². The van der Waals surface area contributed by atoms with E-state index in [1.807, 2.05) is 25.1 Å². The number of halogens is 1. The van der Waals surface area contributed by atoms with Gasteiger partial charge in [-0.2, -0.15) is 4.98 Å². The van der Waals surface area contributed by atoms with Crippen molar-refractivity contribution in [1.29, 1.82) is 0 Å². The lowest BCUT2D eigenvalue weighted by Gasteiger charge is -2.13. The first kappa shape index (κ1) is 14.2. The first-order valence-corrected chi connectivity index (χ1v) is 7.12. The largest absolute Gasteiger partial charge is 0.339 e. The van der Waals surface area contributed by atoms with Crippen LogP contribution >= 0.6 is 15.9 Å². The lowest BCUT2D eigenvalue weighted by Crippen LogP contribution is -2.18. The van der Waals surface area contributed by atoms with E-state index in [0.29, 0.717) is 24.2 Å². The monoisotopic (exact) mass is 323 g/mol. The fourth-order valence-corrected chi connectivity index (χ4v) is 2.51. The molecule has 19 heavy (non-hydrogen) atoms. The van der Waals surface area contributed by atoms with Crippen molar-refractivity contribution in [2.24, 2.45) is 11.7 Å². The highest BCUT2D eigenvalue weighted by atomic mass is 79.9. The molecule has 0 saturated carbocycles. The van der Waals surface area contributed by atoms with Gasteiger partial charge in [0, 0.05) is 16.6 Å². The molecule has 0 aliphatic carbocycles.